The van der Waals surface area contributed by atoms with Crippen LogP contribution >= 0.6 is 0 Å². The number of aromatic nitrogens is 2. The predicted octanol–water partition coefficient (Wildman–Crippen LogP) is 3.69. The molecular formula is C18H14F3N3O2. The van der Waals surface area contributed by atoms with Gasteiger partial charge in [-0.05, 0) is 43.3 Å². The number of aryl methyl sites for hydroxylation is 1. The van der Waals surface area contributed by atoms with Crippen molar-refractivity contribution >= 4 is 22.6 Å². The van der Waals surface area contributed by atoms with Gasteiger partial charge in [-0.2, -0.15) is 13.2 Å². The number of hydrogen-bond acceptors (Lipinski definition) is 3. The molecule has 2 aromatic heterocycles. The number of benzene rings is 1. The number of nitrogens with one attached hydrogen (secondary N) is 1. The zero-order valence-electron chi connectivity index (χ0n) is 13.7. The fraction of sp³-hybridized carbons (Fsp3) is 0.167. The lowest BCUT2D eigenvalue weighted by Crippen LogP contribution is -2.29. The van der Waals surface area contributed by atoms with Gasteiger partial charge >= 0.3 is 6.18 Å². The Kier molecular flexibility index (Phi) is 4.50. The van der Waals surface area contributed by atoms with Crippen molar-refractivity contribution < 1.29 is 18.0 Å². The lowest BCUT2D eigenvalue weighted by molar-refractivity contribution is -0.137. The molecule has 0 aliphatic heterocycles. The van der Waals surface area contributed by atoms with Gasteiger partial charge in [-0.1, -0.05) is 6.07 Å². The molecule has 8 heteroatoms. The van der Waals surface area contributed by atoms with Crippen molar-refractivity contribution in [2.75, 3.05) is 5.32 Å². The first-order chi connectivity index (χ1) is 12.3. The Balaban J connectivity index is 2.01. The molecule has 0 atom stereocenters. The molecule has 0 saturated heterocycles. The number of rotatable bonds is 3. The van der Waals surface area contributed by atoms with Gasteiger partial charge in [0.15, 0.2) is 0 Å². The van der Waals surface area contributed by atoms with Crippen LogP contribution < -0.4 is 10.9 Å². The van der Waals surface area contributed by atoms with Gasteiger partial charge in [0.05, 0.1) is 5.56 Å². The van der Waals surface area contributed by atoms with Crippen molar-refractivity contribution in [2.24, 2.45) is 0 Å². The van der Waals surface area contributed by atoms with Crippen molar-refractivity contribution in [3.63, 3.8) is 0 Å². The van der Waals surface area contributed by atoms with Crippen LogP contribution in [0.4, 0.5) is 18.9 Å². The van der Waals surface area contributed by atoms with E-state index in [-0.39, 0.29) is 11.3 Å². The topological polar surface area (TPSA) is 64.0 Å². The number of carbonyl (C=O) groups is 1. The molecule has 1 amide bonds. The number of amides is 1. The van der Waals surface area contributed by atoms with Crippen LogP contribution in [-0.4, -0.2) is 15.5 Å². The van der Waals surface area contributed by atoms with E-state index < -0.39 is 23.2 Å². The molecule has 3 rings (SSSR count). The van der Waals surface area contributed by atoms with Crippen molar-refractivity contribution in [3.05, 3.63) is 70.1 Å². The summed E-state index contributed by atoms with van der Waals surface area (Å²) in [6, 6.07) is 9.00. The Morgan fingerprint density at radius 1 is 1.19 bits per heavy atom. The highest BCUT2D eigenvalue weighted by Crippen LogP contribution is 2.30. The molecule has 26 heavy (non-hydrogen) atoms. The number of pyridine rings is 2. The molecule has 0 fully saturated rings. The number of hydrogen-bond donors (Lipinski definition) is 1. The van der Waals surface area contributed by atoms with Crippen molar-refractivity contribution in [1.29, 1.82) is 0 Å². The molecule has 0 radical (unpaired) electrons. The van der Waals surface area contributed by atoms with Gasteiger partial charge in [0.2, 0.25) is 0 Å². The molecule has 0 saturated carbocycles. The molecule has 134 valence electrons. The van der Waals surface area contributed by atoms with Gasteiger partial charge in [-0.3, -0.25) is 14.2 Å². The molecule has 0 spiro atoms. The first kappa shape index (κ1) is 17.7. The number of alkyl halides is 3. The third-order valence-corrected chi connectivity index (χ3v) is 3.86. The van der Waals surface area contributed by atoms with Gasteiger partial charge in [0.25, 0.3) is 11.5 Å². The number of anilines is 1. The molecule has 1 aromatic carbocycles. The van der Waals surface area contributed by atoms with Gasteiger partial charge in [-0.15, -0.1) is 0 Å². The molecule has 0 unspecified atom stereocenters. The number of fused-ring (bicyclic) bond motifs is 1. The first-order valence-corrected chi connectivity index (χ1v) is 7.78. The van der Waals surface area contributed by atoms with Crippen LogP contribution in [0.3, 0.4) is 0 Å². The minimum Gasteiger partial charge on any atom is -0.322 e. The molecule has 0 aliphatic rings. The molecular weight excluding hydrogens is 347 g/mol. The SMILES string of the molecule is CCn1c(=O)c(C(=O)Nc2cccc(C(F)(F)F)c2)cc2cccnc21. The van der Waals surface area contributed by atoms with E-state index in [0.29, 0.717) is 17.6 Å². The summed E-state index contributed by atoms with van der Waals surface area (Å²) in [7, 11) is 0. The minimum absolute atomic E-state index is 0.0430. The maximum absolute atomic E-state index is 12.8. The minimum atomic E-state index is -4.52. The second-order valence-corrected chi connectivity index (χ2v) is 5.56. The Labute approximate surface area is 146 Å². The summed E-state index contributed by atoms with van der Waals surface area (Å²) in [5.41, 5.74) is -1.20. The third-order valence-electron chi connectivity index (χ3n) is 3.86. The maximum atomic E-state index is 12.8. The highest BCUT2D eigenvalue weighted by Gasteiger charge is 2.30. The first-order valence-electron chi connectivity index (χ1n) is 7.78. The standard InChI is InChI=1S/C18H14F3N3O2/c1-2-24-15-11(5-4-8-22-15)9-14(17(24)26)16(25)23-13-7-3-6-12(10-13)18(19,20)21/h3-10H,2H2,1H3,(H,23,25). The number of nitrogens with zero attached hydrogens (tertiary/aromatic N) is 2. The van der Waals surface area contributed by atoms with Crippen molar-refractivity contribution in [3.8, 4) is 0 Å². The van der Waals surface area contributed by atoms with Crippen LogP contribution in [0, 0.1) is 0 Å². The van der Waals surface area contributed by atoms with Gasteiger partial charge in [-0.25, -0.2) is 4.98 Å². The summed E-state index contributed by atoms with van der Waals surface area (Å²) in [5, 5.41) is 2.94. The number of halogens is 3. The lowest BCUT2D eigenvalue weighted by Gasteiger charge is -2.12. The summed E-state index contributed by atoms with van der Waals surface area (Å²) in [4.78, 5) is 29.2. The van der Waals surface area contributed by atoms with Crippen molar-refractivity contribution in [1.82, 2.24) is 9.55 Å². The number of carbonyl (C=O) groups excluding carboxylic acids is 1. The van der Waals surface area contributed by atoms with E-state index >= 15 is 0 Å². The van der Waals surface area contributed by atoms with E-state index in [4.69, 9.17) is 0 Å². The predicted molar refractivity (Wildman–Crippen MR) is 91.1 cm³/mol. The fourth-order valence-corrected chi connectivity index (χ4v) is 2.63. The Bertz CT molecular complexity index is 1040. The summed E-state index contributed by atoms with van der Waals surface area (Å²) in [6.45, 7) is 2.04. The smallest absolute Gasteiger partial charge is 0.322 e. The van der Waals surface area contributed by atoms with Crippen LogP contribution in [0.15, 0.2) is 53.5 Å². The quantitative estimate of drug-likeness (QED) is 0.774. The van der Waals surface area contributed by atoms with Crippen LogP contribution in [0.1, 0.15) is 22.8 Å². The zero-order chi connectivity index (χ0) is 18.9. The monoisotopic (exact) mass is 361 g/mol. The molecule has 1 N–H and O–H groups in total. The summed E-state index contributed by atoms with van der Waals surface area (Å²) in [6.07, 6.45) is -2.99. The second-order valence-electron chi connectivity index (χ2n) is 5.56. The lowest BCUT2D eigenvalue weighted by atomic mass is 10.1. The van der Waals surface area contributed by atoms with E-state index in [1.165, 1.54) is 29.0 Å². The summed E-state index contributed by atoms with van der Waals surface area (Å²) in [5.74, 6) is -0.776. The molecule has 0 aliphatic carbocycles. The van der Waals surface area contributed by atoms with Crippen molar-refractivity contribution in [2.45, 2.75) is 19.6 Å². The average Bonchev–Trinajstić information content (AvgIpc) is 2.60. The van der Waals surface area contributed by atoms with Gasteiger partial charge in [0, 0.05) is 23.8 Å². The van der Waals surface area contributed by atoms with E-state index in [9.17, 15) is 22.8 Å². The van der Waals surface area contributed by atoms with Crippen LogP contribution in [0.25, 0.3) is 11.0 Å². The Hall–Kier alpha value is -3.16. The Morgan fingerprint density at radius 3 is 2.65 bits per heavy atom. The van der Waals surface area contributed by atoms with Gasteiger partial charge < -0.3 is 5.32 Å². The second kappa shape index (κ2) is 6.62. The van der Waals surface area contributed by atoms with E-state index in [2.05, 4.69) is 10.3 Å². The fourth-order valence-electron chi connectivity index (χ4n) is 2.63. The molecule has 5 nitrogen and oxygen atoms in total. The molecule has 3 aromatic rings. The van der Waals surface area contributed by atoms with Crippen LogP contribution in [0.5, 0.6) is 0 Å². The summed E-state index contributed by atoms with van der Waals surface area (Å²) >= 11 is 0. The molecule has 0 bridgehead atoms. The van der Waals surface area contributed by atoms with E-state index in [1.54, 1.807) is 19.1 Å². The van der Waals surface area contributed by atoms with E-state index in [0.717, 1.165) is 12.1 Å². The van der Waals surface area contributed by atoms with Crippen LogP contribution in [0.2, 0.25) is 0 Å². The van der Waals surface area contributed by atoms with Gasteiger partial charge in [0.1, 0.15) is 11.2 Å². The largest absolute Gasteiger partial charge is 0.416 e. The average molecular weight is 361 g/mol. The van der Waals surface area contributed by atoms with E-state index in [1.807, 2.05) is 0 Å². The highest BCUT2D eigenvalue weighted by atomic mass is 19.4. The molecule has 2 heterocycles. The normalized spacial score (nSPS) is 11.5. The zero-order valence-corrected chi connectivity index (χ0v) is 13.7. The van der Waals surface area contributed by atoms with Crippen LogP contribution in [-0.2, 0) is 12.7 Å². The third kappa shape index (κ3) is 3.30. The highest BCUT2D eigenvalue weighted by molar-refractivity contribution is 6.05. The Morgan fingerprint density at radius 2 is 1.96 bits per heavy atom. The maximum Gasteiger partial charge on any atom is 0.416 e. The summed E-state index contributed by atoms with van der Waals surface area (Å²) < 4.78 is 39.7.